The van der Waals surface area contributed by atoms with Gasteiger partial charge in [0, 0.05) is 10.3 Å². The van der Waals surface area contributed by atoms with Crippen molar-refractivity contribution in [2.75, 3.05) is 0 Å². The summed E-state index contributed by atoms with van der Waals surface area (Å²) in [4.78, 5) is 0. The highest BCUT2D eigenvalue weighted by atomic mass is 79.9. The average molecular weight is 229 g/mol. The third-order valence-electron chi connectivity index (χ3n) is 1.67. The van der Waals surface area contributed by atoms with E-state index in [-0.39, 0.29) is 0 Å². The minimum Gasteiger partial charge on any atom is -0.345 e. The number of halogens is 1. The lowest BCUT2D eigenvalue weighted by Crippen LogP contribution is -2.43. The largest absolute Gasteiger partial charge is 0.345 e. The van der Waals surface area contributed by atoms with E-state index in [0.29, 0.717) is 6.85 Å². The summed E-state index contributed by atoms with van der Waals surface area (Å²) in [5.41, 5.74) is 1.22. The Morgan fingerprint density at radius 3 is 3.27 bits per heavy atom. The van der Waals surface area contributed by atoms with Gasteiger partial charge < -0.3 is 5.34 Å². The summed E-state index contributed by atoms with van der Waals surface area (Å²) in [5, 5.41) is 9.23. The molecule has 0 bridgehead atoms. The summed E-state index contributed by atoms with van der Waals surface area (Å²) < 4.78 is 2.26. The first-order valence-electron chi connectivity index (χ1n) is 3.35. The molecule has 0 unspecified atom stereocenters. The zero-order valence-electron chi connectivity index (χ0n) is 5.97. The van der Waals surface area contributed by atoms with Crippen molar-refractivity contribution in [1.29, 1.82) is 0 Å². The number of nitrogens with one attached hydrogen (secondary N) is 1. The normalized spacial score (nSPS) is 15.5. The summed E-state index contributed by atoms with van der Waals surface area (Å²) in [6.07, 6.45) is 0. The Labute approximate surface area is 77.9 Å². The predicted molar refractivity (Wildman–Crippen MR) is 54.2 cm³/mol. The molecule has 0 fully saturated rings. The van der Waals surface area contributed by atoms with Crippen molar-refractivity contribution in [3.05, 3.63) is 17.0 Å². The van der Waals surface area contributed by atoms with Crippen molar-refractivity contribution in [3.8, 4) is 0 Å². The maximum atomic E-state index is 4.11. The summed E-state index contributed by atoms with van der Waals surface area (Å²) in [6.45, 7) is 2.46. The molecule has 1 N–H and O–H groups in total. The molecule has 1 aliphatic rings. The molecule has 0 saturated carbocycles. The van der Waals surface area contributed by atoms with Crippen molar-refractivity contribution >= 4 is 43.5 Å². The lowest BCUT2D eigenvalue weighted by molar-refractivity contribution is 1.06. The second-order valence-corrected chi connectivity index (χ2v) is 4.15. The molecule has 0 amide bonds. The zero-order chi connectivity index (χ0) is 7.84. The van der Waals surface area contributed by atoms with Crippen molar-refractivity contribution in [2.45, 2.75) is 6.82 Å². The van der Waals surface area contributed by atoms with Crippen LogP contribution in [0.25, 0.3) is 0 Å². The summed E-state index contributed by atoms with van der Waals surface area (Å²) in [5.74, 6) is 0. The van der Waals surface area contributed by atoms with E-state index in [1.165, 1.54) is 10.3 Å². The third kappa shape index (κ3) is 1.12. The molecule has 0 saturated heterocycles. The van der Waals surface area contributed by atoms with Crippen LogP contribution < -0.4 is 10.1 Å². The lowest BCUT2D eigenvalue weighted by atomic mass is 9.63. The molecule has 11 heavy (non-hydrogen) atoms. The Kier molecular flexibility index (Phi) is 1.77. The van der Waals surface area contributed by atoms with Gasteiger partial charge in [0.25, 0.3) is 0 Å². The Hall–Kier alpha value is -0.285. The Morgan fingerprint density at radius 1 is 1.73 bits per heavy atom. The fourth-order valence-corrected chi connectivity index (χ4v) is 2.58. The van der Waals surface area contributed by atoms with Gasteiger partial charge in [-0.3, -0.25) is 0 Å². The van der Waals surface area contributed by atoms with E-state index < -0.39 is 0 Å². The van der Waals surface area contributed by atoms with Gasteiger partial charge in [-0.25, -0.2) is 0 Å². The topological polar surface area (TPSA) is 24.4 Å². The highest BCUT2D eigenvalue weighted by molar-refractivity contribution is 9.18. The summed E-state index contributed by atoms with van der Waals surface area (Å²) >= 11 is 5.15. The molecule has 0 aliphatic carbocycles. The van der Waals surface area contributed by atoms with E-state index in [4.69, 9.17) is 0 Å². The number of hydrogen-bond donors (Lipinski definition) is 1. The van der Waals surface area contributed by atoms with Gasteiger partial charge in [-0.1, -0.05) is 6.82 Å². The molecule has 0 aromatic carbocycles. The van der Waals surface area contributed by atoms with Gasteiger partial charge in [0.2, 0.25) is 0 Å². The standard InChI is InChI=1S/C6H6BBrN2S/c1-7-5-4(2-3-11-5)6(8)9-10-7/h2-3,10H,1H3. The lowest BCUT2D eigenvalue weighted by Gasteiger charge is -2.13. The van der Waals surface area contributed by atoms with Crippen LogP contribution in [0.5, 0.6) is 0 Å². The molecule has 2 heterocycles. The van der Waals surface area contributed by atoms with E-state index in [0.717, 1.165) is 4.62 Å². The molecule has 1 aromatic heterocycles. The quantitative estimate of drug-likeness (QED) is 0.664. The van der Waals surface area contributed by atoms with Crippen LogP contribution in [-0.4, -0.2) is 11.5 Å². The number of nitrogens with zero attached hydrogens (tertiary/aromatic N) is 1. The molecular weight excluding hydrogens is 223 g/mol. The monoisotopic (exact) mass is 228 g/mol. The van der Waals surface area contributed by atoms with Gasteiger partial charge in [-0.05, 0) is 27.4 Å². The first-order chi connectivity index (χ1) is 5.29. The minimum atomic E-state index is 0.353. The van der Waals surface area contributed by atoms with Gasteiger partial charge >= 0.3 is 6.85 Å². The maximum Gasteiger partial charge on any atom is 0.313 e. The van der Waals surface area contributed by atoms with Gasteiger partial charge in [-0.15, -0.1) is 0 Å². The molecule has 1 aliphatic heterocycles. The maximum absolute atomic E-state index is 4.11. The molecule has 0 radical (unpaired) electrons. The summed E-state index contributed by atoms with van der Waals surface area (Å²) in [6, 6.07) is 2.09. The number of fused-ring (bicyclic) bond motifs is 1. The van der Waals surface area contributed by atoms with Crippen LogP contribution in [0, 0.1) is 0 Å². The van der Waals surface area contributed by atoms with Gasteiger partial charge in [0.1, 0.15) is 4.62 Å². The van der Waals surface area contributed by atoms with Gasteiger partial charge in [0.05, 0.1) is 0 Å². The Bertz CT molecular complexity index is 309. The van der Waals surface area contributed by atoms with E-state index >= 15 is 0 Å². The molecule has 2 nitrogen and oxygen atoms in total. The van der Waals surface area contributed by atoms with Gasteiger partial charge in [-0.2, -0.15) is 16.4 Å². The van der Waals surface area contributed by atoms with Crippen molar-refractivity contribution in [3.63, 3.8) is 0 Å². The second kappa shape index (κ2) is 2.64. The van der Waals surface area contributed by atoms with Crippen LogP contribution in [0.15, 0.2) is 16.5 Å². The molecule has 56 valence electrons. The minimum absolute atomic E-state index is 0.353. The third-order valence-corrected chi connectivity index (χ3v) is 3.37. The predicted octanol–water partition coefficient (Wildman–Crippen LogP) is 1.24. The first kappa shape index (κ1) is 7.37. The Morgan fingerprint density at radius 2 is 2.55 bits per heavy atom. The fourth-order valence-electron chi connectivity index (χ4n) is 1.10. The second-order valence-electron chi connectivity index (χ2n) is 2.45. The number of hydrogen-bond acceptors (Lipinski definition) is 3. The van der Waals surface area contributed by atoms with Crippen LogP contribution in [0.4, 0.5) is 0 Å². The highest BCUT2D eigenvalue weighted by Crippen LogP contribution is 2.12. The molecule has 5 heteroatoms. The molecule has 1 aromatic rings. The summed E-state index contributed by atoms with van der Waals surface area (Å²) in [7, 11) is 0. The molecule has 0 atom stereocenters. The molecular formula is C6H6BBrN2S. The van der Waals surface area contributed by atoms with E-state index in [1.807, 2.05) is 0 Å². The molecule has 2 rings (SSSR count). The SMILES string of the molecule is CB1NN=C(Br)c2ccsc21. The first-order valence-corrected chi connectivity index (χ1v) is 5.03. The van der Waals surface area contributed by atoms with Crippen molar-refractivity contribution < 1.29 is 0 Å². The van der Waals surface area contributed by atoms with E-state index in [1.54, 1.807) is 11.3 Å². The van der Waals surface area contributed by atoms with Crippen molar-refractivity contribution in [1.82, 2.24) is 5.34 Å². The van der Waals surface area contributed by atoms with Crippen LogP contribution in [0.1, 0.15) is 5.56 Å². The van der Waals surface area contributed by atoms with Crippen LogP contribution in [0.2, 0.25) is 6.82 Å². The highest BCUT2D eigenvalue weighted by Gasteiger charge is 2.22. The number of thiophene rings is 1. The van der Waals surface area contributed by atoms with Crippen LogP contribution in [0.3, 0.4) is 0 Å². The number of rotatable bonds is 0. The average Bonchev–Trinajstić information content (AvgIpc) is 2.45. The van der Waals surface area contributed by atoms with Crippen LogP contribution >= 0.6 is 27.3 Å². The van der Waals surface area contributed by atoms with Crippen molar-refractivity contribution in [2.24, 2.45) is 5.10 Å². The fraction of sp³-hybridized carbons (Fsp3) is 0.167. The van der Waals surface area contributed by atoms with E-state index in [2.05, 4.69) is 44.6 Å². The zero-order valence-corrected chi connectivity index (χ0v) is 8.37. The van der Waals surface area contributed by atoms with E-state index in [9.17, 15) is 0 Å². The number of hydrazone groups is 1. The smallest absolute Gasteiger partial charge is 0.313 e. The Balaban J connectivity index is 2.55. The molecule has 0 spiro atoms. The van der Waals surface area contributed by atoms with Crippen LogP contribution in [-0.2, 0) is 0 Å². The van der Waals surface area contributed by atoms with Gasteiger partial charge in [0.15, 0.2) is 0 Å².